The summed E-state index contributed by atoms with van der Waals surface area (Å²) >= 11 is 0. The second-order valence-corrected chi connectivity index (χ2v) is 3.21. The van der Waals surface area contributed by atoms with Crippen molar-refractivity contribution in [2.24, 2.45) is 5.92 Å². The first-order chi connectivity index (χ1) is 5.70. The maximum Gasteiger partial charge on any atom is 0.219 e. The molecule has 1 saturated heterocycles. The van der Waals surface area contributed by atoms with Gasteiger partial charge in [-0.3, -0.25) is 4.79 Å². The molecule has 1 atom stereocenters. The molecule has 0 aromatic heterocycles. The van der Waals surface area contributed by atoms with E-state index in [1.807, 2.05) is 18.7 Å². The molecule has 12 heavy (non-hydrogen) atoms. The Balaban J connectivity index is 0.000000561. The summed E-state index contributed by atoms with van der Waals surface area (Å²) in [6, 6.07) is 0. The molecule has 0 radical (unpaired) electrons. The number of carbonyl (C=O) groups excluding carboxylic acids is 1. The van der Waals surface area contributed by atoms with Gasteiger partial charge in [0.1, 0.15) is 0 Å². The Morgan fingerprint density at radius 3 is 2.33 bits per heavy atom. The van der Waals surface area contributed by atoms with Crippen molar-refractivity contribution < 1.29 is 4.79 Å². The fourth-order valence-corrected chi connectivity index (χ4v) is 1.48. The van der Waals surface area contributed by atoms with E-state index in [1.54, 1.807) is 6.92 Å². The molecule has 1 rings (SSSR count). The van der Waals surface area contributed by atoms with Crippen LogP contribution in [0, 0.1) is 5.92 Å². The number of rotatable bonds is 0. The van der Waals surface area contributed by atoms with E-state index in [2.05, 4.69) is 6.92 Å². The maximum absolute atomic E-state index is 10.9. The summed E-state index contributed by atoms with van der Waals surface area (Å²) in [6.45, 7) is 9.79. The van der Waals surface area contributed by atoms with E-state index in [-0.39, 0.29) is 5.91 Å². The second-order valence-electron chi connectivity index (χ2n) is 3.21. The highest BCUT2D eigenvalue weighted by atomic mass is 16.2. The first-order valence-corrected chi connectivity index (χ1v) is 4.95. The second kappa shape index (κ2) is 6.04. The van der Waals surface area contributed by atoms with E-state index in [4.69, 9.17) is 0 Å². The van der Waals surface area contributed by atoms with Crippen LogP contribution in [0.15, 0.2) is 0 Å². The van der Waals surface area contributed by atoms with E-state index >= 15 is 0 Å². The van der Waals surface area contributed by atoms with Crippen molar-refractivity contribution in [1.82, 2.24) is 4.90 Å². The molecule has 0 unspecified atom stereocenters. The summed E-state index contributed by atoms with van der Waals surface area (Å²) in [6.07, 6.45) is 2.46. The number of hydrogen-bond acceptors (Lipinski definition) is 1. The summed E-state index contributed by atoms with van der Waals surface area (Å²) < 4.78 is 0. The van der Waals surface area contributed by atoms with Crippen LogP contribution < -0.4 is 0 Å². The number of likely N-dealkylation sites (tertiary alicyclic amines) is 1. The Hall–Kier alpha value is -0.530. The molecule has 0 aromatic carbocycles. The predicted molar refractivity (Wildman–Crippen MR) is 52.0 cm³/mol. The van der Waals surface area contributed by atoms with Crippen molar-refractivity contribution in [3.05, 3.63) is 0 Å². The Labute approximate surface area is 75.9 Å². The number of amides is 1. The van der Waals surface area contributed by atoms with Gasteiger partial charge >= 0.3 is 0 Å². The summed E-state index contributed by atoms with van der Waals surface area (Å²) in [5.74, 6) is 0.934. The molecule has 1 aliphatic rings. The van der Waals surface area contributed by atoms with Crippen molar-refractivity contribution in [1.29, 1.82) is 0 Å². The molecule has 1 fully saturated rings. The number of piperidine rings is 1. The molecule has 2 heteroatoms. The number of nitrogens with zero attached hydrogens (tertiary/aromatic N) is 1. The average molecular weight is 171 g/mol. The van der Waals surface area contributed by atoms with Gasteiger partial charge in [0.05, 0.1) is 0 Å². The molecule has 0 N–H and O–H groups in total. The van der Waals surface area contributed by atoms with Crippen LogP contribution in [0.5, 0.6) is 0 Å². The van der Waals surface area contributed by atoms with Gasteiger partial charge in [0.15, 0.2) is 0 Å². The molecule has 0 aromatic rings. The Bertz CT molecular complexity index is 134. The highest BCUT2D eigenvalue weighted by Crippen LogP contribution is 2.14. The van der Waals surface area contributed by atoms with Gasteiger partial charge in [-0.25, -0.2) is 0 Å². The van der Waals surface area contributed by atoms with Crippen LogP contribution in [0.1, 0.15) is 40.5 Å². The van der Waals surface area contributed by atoms with Crippen LogP contribution in [0.25, 0.3) is 0 Å². The van der Waals surface area contributed by atoms with E-state index < -0.39 is 0 Å². The van der Waals surface area contributed by atoms with Gasteiger partial charge < -0.3 is 4.90 Å². The lowest BCUT2D eigenvalue weighted by atomic mass is 10.0. The third-order valence-corrected chi connectivity index (χ3v) is 2.10. The van der Waals surface area contributed by atoms with Crippen molar-refractivity contribution in [2.45, 2.75) is 40.5 Å². The Kier molecular flexibility index (Phi) is 5.77. The van der Waals surface area contributed by atoms with Gasteiger partial charge in [-0.05, 0) is 18.8 Å². The van der Waals surface area contributed by atoms with Crippen LogP contribution in [0.4, 0.5) is 0 Å². The van der Waals surface area contributed by atoms with Gasteiger partial charge in [0.2, 0.25) is 5.91 Å². The van der Waals surface area contributed by atoms with E-state index in [9.17, 15) is 4.79 Å². The topological polar surface area (TPSA) is 20.3 Å². The zero-order valence-corrected chi connectivity index (χ0v) is 8.76. The van der Waals surface area contributed by atoms with Crippen molar-refractivity contribution in [3.8, 4) is 0 Å². The zero-order valence-electron chi connectivity index (χ0n) is 8.76. The van der Waals surface area contributed by atoms with Crippen molar-refractivity contribution in [3.63, 3.8) is 0 Å². The fraction of sp³-hybridized carbons (Fsp3) is 0.900. The fourth-order valence-electron chi connectivity index (χ4n) is 1.48. The van der Waals surface area contributed by atoms with Gasteiger partial charge in [-0.1, -0.05) is 20.8 Å². The largest absolute Gasteiger partial charge is 0.343 e. The van der Waals surface area contributed by atoms with Gasteiger partial charge in [0.25, 0.3) is 0 Å². The predicted octanol–water partition coefficient (Wildman–Crippen LogP) is 2.29. The minimum Gasteiger partial charge on any atom is -0.343 e. The molecule has 0 aliphatic carbocycles. The minimum absolute atomic E-state index is 0.228. The van der Waals surface area contributed by atoms with Crippen molar-refractivity contribution in [2.75, 3.05) is 13.1 Å². The highest BCUT2D eigenvalue weighted by molar-refractivity contribution is 5.73. The zero-order chi connectivity index (χ0) is 9.56. The molecule has 0 saturated carbocycles. The molecule has 1 aliphatic heterocycles. The number of carbonyl (C=O) groups is 1. The summed E-state index contributed by atoms with van der Waals surface area (Å²) in [4.78, 5) is 12.8. The first kappa shape index (κ1) is 11.5. The van der Waals surface area contributed by atoms with Crippen LogP contribution in [-0.4, -0.2) is 23.9 Å². The minimum atomic E-state index is 0.228. The highest BCUT2D eigenvalue weighted by Gasteiger charge is 2.17. The molecule has 0 bridgehead atoms. The van der Waals surface area contributed by atoms with Crippen LogP contribution in [-0.2, 0) is 4.79 Å². The summed E-state index contributed by atoms with van der Waals surface area (Å²) in [5.41, 5.74) is 0. The monoisotopic (exact) mass is 171 g/mol. The quantitative estimate of drug-likeness (QED) is 0.547. The van der Waals surface area contributed by atoms with E-state index in [0.29, 0.717) is 5.92 Å². The third-order valence-electron chi connectivity index (χ3n) is 2.10. The molecule has 2 nitrogen and oxygen atoms in total. The lowest BCUT2D eigenvalue weighted by molar-refractivity contribution is -0.130. The molecule has 1 heterocycles. The van der Waals surface area contributed by atoms with Crippen molar-refractivity contribution >= 4 is 5.91 Å². The molecule has 1 amide bonds. The van der Waals surface area contributed by atoms with Crippen LogP contribution in [0.2, 0.25) is 0 Å². The molecular formula is C10H21NO. The van der Waals surface area contributed by atoms with Gasteiger partial charge in [0, 0.05) is 20.0 Å². The maximum atomic E-state index is 10.9. The Morgan fingerprint density at radius 1 is 1.42 bits per heavy atom. The van der Waals surface area contributed by atoms with Crippen LogP contribution in [0.3, 0.4) is 0 Å². The third kappa shape index (κ3) is 3.74. The lowest BCUT2D eigenvalue weighted by Gasteiger charge is -2.29. The molecule has 72 valence electrons. The summed E-state index contributed by atoms with van der Waals surface area (Å²) in [7, 11) is 0. The van der Waals surface area contributed by atoms with E-state index in [0.717, 1.165) is 13.1 Å². The van der Waals surface area contributed by atoms with Gasteiger partial charge in [-0.15, -0.1) is 0 Å². The molecule has 0 spiro atoms. The summed E-state index contributed by atoms with van der Waals surface area (Å²) in [5, 5.41) is 0. The number of hydrogen-bond donors (Lipinski definition) is 0. The van der Waals surface area contributed by atoms with Crippen LogP contribution >= 0.6 is 0 Å². The SMILES string of the molecule is CC.CC(=O)N1CCC[C@H](C)C1. The average Bonchev–Trinajstić information content (AvgIpc) is 2.08. The van der Waals surface area contributed by atoms with E-state index in [1.165, 1.54) is 12.8 Å². The van der Waals surface area contributed by atoms with Gasteiger partial charge in [-0.2, -0.15) is 0 Å². The normalized spacial score (nSPS) is 22.7. The standard InChI is InChI=1S/C8H15NO.C2H6/c1-7-4-3-5-9(6-7)8(2)10;1-2/h7H,3-6H2,1-2H3;1-2H3/t7-;/m0./s1. The molecular weight excluding hydrogens is 150 g/mol. The lowest BCUT2D eigenvalue weighted by Crippen LogP contribution is -2.37. The Morgan fingerprint density at radius 2 is 2.00 bits per heavy atom. The smallest absolute Gasteiger partial charge is 0.219 e. The first-order valence-electron chi connectivity index (χ1n) is 4.95.